The largest absolute Gasteiger partial charge is 0.358 e. The molecule has 0 saturated carbocycles. The van der Waals surface area contributed by atoms with Crippen molar-refractivity contribution in [3.05, 3.63) is 29.8 Å². The van der Waals surface area contributed by atoms with Gasteiger partial charge in [-0.2, -0.15) is 5.26 Å². The van der Waals surface area contributed by atoms with Crippen molar-refractivity contribution in [2.24, 2.45) is 0 Å². The Morgan fingerprint density at radius 3 is 2.45 bits per heavy atom. The predicted molar refractivity (Wildman–Crippen MR) is 115 cm³/mol. The van der Waals surface area contributed by atoms with Gasteiger partial charge in [0, 0.05) is 31.8 Å². The van der Waals surface area contributed by atoms with Crippen LogP contribution in [0.1, 0.15) is 44.1 Å². The quantitative estimate of drug-likeness (QED) is 0.718. The number of amides is 2. The molecule has 3 heterocycles. The smallest absolute Gasteiger partial charge is 0.319 e. The lowest BCUT2D eigenvalue weighted by Crippen LogP contribution is -2.58. The van der Waals surface area contributed by atoms with Crippen LogP contribution in [0.15, 0.2) is 29.2 Å². The monoisotopic (exact) mass is 446 g/mol. The van der Waals surface area contributed by atoms with E-state index in [9.17, 15) is 13.2 Å². The lowest BCUT2D eigenvalue weighted by atomic mass is 10.1. The molecule has 3 aliphatic heterocycles. The molecular weight excluding hydrogens is 416 g/mol. The number of fused-ring (bicyclic) bond motifs is 2. The molecule has 168 valence electrons. The van der Waals surface area contributed by atoms with E-state index in [0.717, 1.165) is 32.1 Å². The van der Waals surface area contributed by atoms with Gasteiger partial charge in [-0.15, -0.1) is 0 Å². The first-order chi connectivity index (χ1) is 15.0. The molecule has 3 aliphatic rings. The highest BCUT2D eigenvalue weighted by atomic mass is 32.2. The summed E-state index contributed by atoms with van der Waals surface area (Å²) >= 11 is 0. The summed E-state index contributed by atoms with van der Waals surface area (Å²) in [6.45, 7) is 2.77. The average Bonchev–Trinajstić information content (AvgIpc) is 3.01. The van der Waals surface area contributed by atoms with Crippen LogP contribution in [0.25, 0.3) is 0 Å². The number of likely N-dealkylation sites (tertiary alicyclic amines) is 1. The summed E-state index contributed by atoms with van der Waals surface area (Å²) < 4.78 is 30.8. The van der Waals surface area contributed by atoms with Gasteiger partial charge in [0.15, 0.2) is 9.84 Å². The zero-order valence-corrected chi connectivity index (χ0v) is 18.5. The van der Waals surface area contributed by atoms with Gasteiger partial charge in [-0.05, 0) is 69.3 Å². The number of urea groups is 1. The second-order valence-corrected chi connectivity index (χ2v) is 10.8. The molecule has 8 nitrogen and oxygen atoms in total. The predicted octanol–water partition coefficient (Wildman–Crippen LogP) is 2.11. The second-order valence-electron chi connectivity index (χ2n) is 8.64. The molecule has 9 heteroatoms. The number of ether oxygens (including phenoxy) is 1. The third-order valence-electron chi connectivity index (χ3n) is 6.56. The normalized spacial score (nSPS) is 26.4. The second kappa shape index (κ2) is 9.55. The first-order valence-electron chi connectivity index (χ1n) is 11.1. The number of sulfone groups is 1. The topological polar surface area (TPSA) is 103 Å². The molecule has 2 bridgehead atoms. The van der Waals surface area contributed by atoms with Gasteiger partial charge in [0.25, 0.3) is 0 Å². The van der Waals surface area contributed by atoms with E-state index in [4.69, 9.17) is 10.00 Å². The third-order valence-corrected chi connectivity index (χ3v) is 8.37. The minimum absolute atomic E-state index is 0.0492. The molecular formula is C22H30N4O4S. The molecule has 1 aromatic carbocycles. The van der Waals surface area contributed by atoms with Crippen molar-refractivity contribution < 1.29 is 17.9 Å². The average molecular weight is 447 g/mol. The van der Waals surface area contributed by atoms with Crippen LogP contribution in [0.4, 0.5) is 4.79 Å². The van der Waals surface area contributed by atoms with Gasteiger partial charge in [-0.3, -0.25) is 4.90 Å². The maximum absolute atomic E-state index is 12.7. The highest BCUT2D eigenvalue weighted by Gasteiger charge is 2.41. The number of nitrogens with one attached hydrogen (secondary N) is 1. The number of benzene rings is 1. The van der Waals surface area contributed by atoms with E-state index in [1.807, 2.05) is 11.0 Å². The van der Waals surface area contributed by atoms with Gasteiger partial charge >= 0.3 is 6.03 Å². The molecule has 1 N–H and O–H groups in total. The Morgan fingerprint density at radius 2 is 1.84 bits per heavy atom. The van der Waals surface area contributed by atoms with Crippen molar-refractivity contribution in [3.8, 4) is 6.07 Å². The van der Waals surface area contributed by atoms with Gasteiger partial charge < -0.3 is 15.0 Å². The van der Waals surface area contributed by atoms with Crippen molar-refractivity contribution in [1.82, 2.24) is 15.1 Å². The molecule has 3 unspecified atom stereocenters. The van der Waals surface area contributed by atoms with Gasteiger partial charge in [-0.25, -0.2) is 13.2 Å². The van der Waals surface area contributed by atoms with Crippen molar-refractivity contribution in [2.45, 2.75) is 61.7 Å². The number of carbonyl (C=O) groups is 1. The highest BCUT2D eigenvalue weighted by molar-refractivity contribution is 7.91. The number of hydrogen-bond acceptors (Lipinski definition) is 6. The number of hydrogen-bond donors (Lipinski definition) is 1. The van der Waals surface area contributed by atoms with Gasteiger partial charge in [0.1, 0.15) is 6.23 Å². The SMILES string of the molecule is N#Cc1ccc(S(=O)(=O)CCCN2C3CCC2CN(C(=O)NC2CCCCO2)C3)cc1. The first kappa shape index (κ1) is 22.1. The Hall–Kier alpha value is -2.15. The van der Waals surface area contributed by atoms with Crippen LogP contribution in [0.5, 0.6) is 0 Å². The van der Waals surface area contributed by atoms with Crippen LogP contribution in [-0.2, 0) is 14.6 Å². The summed E-state index contributed by atoms with van der Waals surface area (Å²) in [4.78, 5) is 17.2. The number of nitrogens with zero attached hydrogens (tertiary/aromatic N) is 3. The standard InChI is InChI=1S/C22H30N4O4S/c23-14-17-5-9-20(10-6-17)31(28,29)13-3-11-26-18-7-8-19(26)16-25(15-18)22(27)24-21-4-1-2-12-30-21/h5-6,9-10,18-19,21H,1-4,7-8,11-13,15-16H2,(H,24,27). The molecule has 3 saturated heterocycles. The maximum Gasteiger partial charge on any atom is 0.319 e. The molecule has 0 aliphatic carbocycles. The lowest BCUT2D eigenvalue weighted by molar-refractivity contribution is -0.00381. The summed E-state index contributed by atoms with van der Waals surface area (Å²) in [5.74, 6) is 0.0814. The zero-order valence-electron chi connectivity index (χ0n) is 17.7. The summed E-state index contributed by atoms with van der Waals surface area (Å²) in [6, 6.07) is 8.61. The van der Waals surface area contributed by atoms with Crippen LogP contribution >= 0.6 is 0 Å². The fourth-order valence-electron chi connectivity index (χ4n) is 4.90. The Morgan fingerprint density at radius 1 is 1.13 bits per heavy atom. The Kier molecular flexibility index (Phi) is 6.80. The van der Waals surface area contributed by atoms with E-state index in [1.54, 1.807) is 0 Å². The Bertz CT molecular complexity index is 908. The summed E-state index contributed by atoms with van der Waals surface area (Å²) in [6.07, 6.45) is 5.45. The molecule has 3 fully saturated rings. The number of nitriles is 1. The van der Waals surface area contributed by atoms with Crippen LogP contribution < -0.4 is 5.32 Å². The summed E-state index contributed by atoms with van der Waals surface area (Å²) in [5.41, 5.74) is 0.451. The minimum Gasteiger partial charge on any atom is -0.358 e. The van der Waals surface area contributed by atoms with E-state index in [1.165, 1.54) is 24.3 Å². The highest BCUT2D eigenvalue weighted by Crippen LogP contribution is 2.30. The van der Waals surface area contributed by atoms with E-state index >= 15 is 0 Å². The minimum atomic E-state index is -3.37. The van der Waals surface area contributed by atoms with E-state index in [2.05, 4.69) is 10.2 Å². The van der Waals surface area contributed by atoms with E-state index in [-0.39, 0.29) is 35.0 Å². The van der Waals surface area contributed by atoms with Crippen molar-refractivity contribution in [1.29, 1.82) is 5.26 Å². The Labute approximate surface area is 184 Å². The van der Waals surface area contributed by atoms with Crippen LogP contribution in [0, 0.1) is 11.3 Å². The fourth-order valence-corrected chi connectivity index (χ4v) is 6.19. The molecule has 0 aromatic heterocycles. The lowest BCUT2D eigenvalue weighted by Gasteiger charge is -2.41. The number of piperazine rings is 1. The van der Waals surface area contributed by atoms with Crippen LogP contribution in [0.2, 0.25) is 0 Å². The summed E-state index contributed by atoms with van der Waals surface area (Å²) in [5, 5.41) is 11.9. The third kappa shape index (κ3) is 5.20. The summed E-state index contributed by atoms with van der Waals surface area (Å²) in [7, 11) is -3.37. The fraction of sp³-hybridized carbons (Fsp3) is 0.636. The first-order valence-corrected chi connectivity index (χ1v) is 12.8. The molecule has 31 heavy (non-hydrogen) atoms. The van der Waals surface area contributed by atoms with Crippen molar-refractivity contribution >= 4 is 15.9 Å². The van der Waals surface area contributed by atoms with Crippen LogP contribution in [0.3, 0.4) is 0 Å². The number of carbonyl (C=O) groups excluding carboxylic acids is 1. The van der Waals surface area contributed by atoms with Crippen molar-refractivity contribution in [3.63, 3.8) is 0 Å². The van der Waals surface area contributed by atoms with E-state index in [0.29, 0.717) is 38.2 Å². The van der Waals surface area contributed by atoms with Gasteiger partial charge in [0.05, 0.1) is 22.3 Å². The van der Waals surface area contributed by atoms with Crippen LogP contribution in [-0.4, -0.2) is 74.6 Å². The Balaban J connectivity index is 1.27. The molecule has 4 rings (SSSR count). The number of rotatable bonds is 6. The van der Waals surface area contributed by atoms with Gasteiger partial charge in [-0.1, -0.05) is 0 Å². The van der Waals surface area contributed by atoms with Crippen molar-refractivity contribution in [2.75, 3.05) is 32.0 Å². The molecule has 2 amide bonds. The molecule has 0 radical (unpaired) electrons. The maximum atomic E-state index is 12.7. The molecule has 0 spiro atoms. The molecule has 3 atom stereocenters. The molecule has 1 aromatic rings. The zero-order chi connectivity index (χ0) is 21.8. The van der Waals surface area contributed by atoms with Gasteiger partial charge in [0.2, 0.25) is 0 Å². The van der Waals surface area contributed by atoms with E-state index < -0.39 is 9.84 Å².